The van der Waals surface area contributed by atoms with Crippen molar-refractivity contribution in [1.29, 1.82) is 0 Å². The fourth-order valence-corrected chi connectivity index (χ4v) is 2.99. The Hall–Kier alpha value is -3.52. The summed E-state index contributed by atoms with van der Waals surface area (Å²) >= 11 is 6.03. The third-order valence-electron chi connectivity index (χ3n) is 4.21. The van der Waals surface area contributed by atoms with Crippen LogP contribution in [0.2, 0.25) is 5.02 Å². The van der Waals surface area contributed by atoms with E-state index in [1.165, 1.54) is 13.2 Å². The van der Waals surface area contributed by atoms with Gasteiger partial charge in [0.1, 0.15) is 23.7 Å². The Kier molecular flexibility index (Phi) is 6.58. The monoisotopic (exact) mass is 429 g/mol. The van der Waals surface area contributed by atoms with Crippen molar-refractivity contribution in [2.75, 3.05) is 25.6 Å². The van der Waals surface area contributed by atoms with E-state index in [-0.39, 0.29) is 5.70 Å². The number of hydrogen-bond donors (Lipinski definition) is 2. The first-order valence-electron chi connectivity index (χ1n) is 9.12. The van der Waals surface area contributed by atoms with Crippen LogP contribution in [0.1, 0.15) is 12.5 Å². The zero-order valence-electron chi connectivity index (χ0n) is 16.4. The summed E-state index contributed by atoms with van der Waals surface area (Å²) in [5, 5.41) is 5.57. The standard InChI is InChI=1S/C21H20ClN3O5/c1-3-30-18-9-4-14(22)10-13(18)11-17-20(27)25(21(28)24-17)12-19(26)23-15-5-7-16(29-2)8-6-15/h4-11H,3,12H2,1-2H3,(H,23,26)(H,24,28)/b17-11-. The first-order chi connectivity index (χ1) is 14.4. The van der Waals surface area contributed by atoms with Gasteiger partial charge in [-0.05, 0) is 55.5 Å². The number of carbonyl (C=O) groups excluding carboxylic acids is 3. The van der Waals surface area contributed by atoms with Crippen LogP contribution >= 0.6 is 11.6 Å². The van der Waals surface area contributed by atoms with Gasteiger partial charge < -0.3 is 20.1 Å². The molecule has 0 saturated carbocycles. The molecule has 9 heteroatoms. The van der Waals surface area contributed by atoms with Crippen LogP contribution in [0.15, 0.2) is 48.2 Å². The van der Waals surface area contributed by atoms with E-state index in [0.717, 1.165) is 4.90 Å². The Labute approximate surface area is 178 Å². The van der Waals surface area contributed by atoms with Gasteiger partial charge in [0.25, 0.3) is 5.91 Å². The zero-order chi connectivity index (χ0) is 21.7. The molecule has 2 N–H and O–H groups in total. The van der Waals surface area contributed by atoms with E-state index in [0.29, 0.717) is 34.4 Å². The van der Waals surface area contributed by atoms with Crippen LogP contribution in [-0.2, 0) is 9.59 Å². The molecule has 1 aliphatic rings. The third kappa shape index (κ3) is 4.90. The van der Waals surface area contributed by atoms with Gasteiger partial charge in [-0.15, -0.1) is 0 Å². The number of halogens is 1. The van der Waals surface area contributed by atoms with E-state index in [4.69, 9.17) is 21.1 Å². The molecular formula is C21H20ClN3O5. The number of urea groups is 1. The Morgan fingerprint density at radius 1 is 1.20 bits per heavy atom. The van der Waals surface area contributed by atoms with Gasteiger partial charge >= 0.3 is 6.03 Å². The molecule has 1 heterocycles. The maximum atomic E-state index is 12.6. The van der Waals surface area contributed by atoms with E-state index < -0.39 is 24.4 Å². The maximum absolute atomic E-state index is 12.6. The van der Waals surface area contributed by atoms with Crippen molar-refractivity contribution in [2.24, 2.45) is 0 Å². The number of benzene rings is 2. The van der Waals surface area contributed by atoms with Crippen LogP contribution in [0, 0.1) is 0 Å². The number of nitrogens with zero attached hydrogens (tertiary/aromatic N) is 1. The molecule has 2 aromatic carbocycles. The molecule has 3 rings (SSSR count). The highest BCUT2D eigenvalue weighted by Gasteiger charge is 2.35. The second-order valence-corrected chi connectivity index (χ2v) is 6.71. The smallest absolute Gasteiger partial charge is 0.329 e. The number of anilines is 1. The van der Waals surface area contributed by atoms with Crippen LogP contribution in [0.25, 0.3) is 6.08 Å². The third-order valence-corrected chi connectivity index (χ3v) is 4.44. The van der Waals surface area contributed by atoms with Crippen molar-refractivity contribution in [3.05, 3.63) is 58.7 Å². The number of hydrogen-bond acceptors (Lipinski definition) is 5. The maximum Gasteiger partial charge on any atom is 0.329 e. The molecule has 0 radical (unpaired) electrons. The minimum absolute atomic E-state index is 0.0282. The summed E-state index contributed by atoms with van der Waals surface area (Å²) in [5.41, 5.74) is 1.09. The van der Waals surface area contributed by atoms with E-state index in [1.54, 1.807) is 42.5 Å². The summed E-state index contributed by atoms with van der Waals surface area (Å²) in [6.07, 6.45) is 1.47. The van der Waals surface area contributed by atoms with Crippen LogP contribution in [0.3, 0.4) is 0 Å². The molecule has 0 atom stereocenters. The molecule has 4 amide bonds. The average molecular weight is 430 g/mol. The number of amides is 4. The number of methoxy groups -OCH3 is 1. The molecule has 2 aromatic rings. The van der Waals surface area contributed by atoms with Crippen molar-refractivity contribution in [1.82, 2.24) is 10.2 Å². The average Bonchev–Trinajstić information content (AvgIpc) is 2.98. The van der Waals surface area contributed by atoms with Gasteiger partial charge in [-0.3, -0.25) is 9.59 Å². The topological polar surface area (TPSA) is 97.0 Å². The number of carbonyl (C=O) groups is 3. The summed E-state index contributed by atoms with van der Waals surface area (Å²) in [4.78, 5) is 38.0. The Morgan fingerprint density at radius 3 is 2.60 bits per heavy atom. The normalized spacial score (nSPS) is 14.6. The lowest BCUT2D eigenvalue weighted by atomic mass is 10.1. The number of ether oxygens (including phenoxy) is 2. The van der Waals surface area contributed by atoms with Gasteiger partial charge in [0, 0.05) is 16.3 Å². The highest BCUT2D eigenvalue weighted by atomic mass is 35.5. The predicted molar refractivity (Wildman–Crippen MR) is 112 cm³/mol. The van der Waals surface area contributed by atoms with Gasteiger partial charge in [0.2, 0.25) is 5.91 Å². The Bertz CT molecular complexity index is 1000. The Balaban J connectivity index is 1.72. The molecule has 0 bridgehead atoms. The first kappa shape index (κ1) is 21.2. The summed E-state index contributed by atoms with van der Waals surface area (Å²) in [6.45, 7) is 1.83. The van der Waals surface area contributed by atoms with E-state index in [2.05, 4.69) is 10.6 Å². The van der Waals surface area contributed by atoms with E-state index in [9.17, 15) is 14.4 Å². The van der Waals surface area contributed by atoms with Crippen molar-refractivity contribution >= 4 is 41.2 Å². The summed E-state index contributed by atoms with van der Waals surface area (Å²) in [5.74, 6) is 0.0337. The number of rotatable bonds is 7. The highest BCUT2D eigenvalue weighted by Crippen LogP contribution is 2.26. The first-order valence-corrected chi connectivity index (χ1v) is 9.50. The van der Waals surface area contributed by atoms with Gasteiger partial charge in [0.05, 0.1) is 13.7 Å². The van der Waals surface area contributed by atoms with Crippen LogP contribution in [-0.4, -0.2) is 43.0 Å². The molecule has 1 fully saturated rings. The van der Waals surface area contributed by atoms with Crippen molar-refractivity contribution in [2.45, 2.75) is 6.92 Å². The molecule has 156 valence electrons. The summed E-state index contributed by atoms with van der Waals surface area (Å²) in [6, 6.07) is 11.0. The molecular weight excluding hydrogens is 410 g/mol. The van der Waals surface area contributed by atoms with Crippen LogP contribution < -0.4 is 20.1 Å². The van der Waals surface area contributed by atoms with E-state index >= 15 is 0 Å². The second kappa shape index (κ2) is 9.32. The van der Waals surface area contributed by atoms with Crippen LogP contribution in [0.4, 0.5) is 10.5 Å². The predicted octanol–water partition coefficient (Wildman–Crippen LogP) is 3.28. The molecule has 8 nitrogen and oxygen atoms in total. The quantitative estimate of drug-likeness (QED) is 0.520. The second-order valence-electron chi connectivity index (χ2n) is 6.27. The Morgan fingerprint density at radius 2 is 1.93 bits per heavy atom. The summed E-state index contributed by atoms with van der Waals surface area (Å²) < 4.78 is 10.6. The number of imide groups is 1. The molecule has 0 aliphatic carbocycles. The lowest BCUT2D eigenvalue weighted by molar-refractivity contribution is -0.127. The highest BCUT2D eigenvalue weighted by molar-refractivity contribution is 6.30. The molecule has 0 unspecified atom stereocenters. The zero-order valence-corrected chi connectivity index (χ0v) is 17.2. The molecule has 0 spiro atoms. The summed E-state index contributed by atoms with van der Waals surface area (Å²) in [7, 11) is 1.54. The number of nitrogens with one attached hydrogen (secondary N) is 2. The van der Waals surface area contributed by atoms with Crippen LogP contribution in [0.5, 0.6) is 11.5 Å². The van der Waals surface area contributed by atoms with Gasteiger partial charge in [-0.2, -0.15) is 0 Å². The van der Waals surface area contributed by atoms with Crippen molar-refractivity contribution in [3.63, 3.8) is 0 Å². The van der Waals surface area contributed by atoms with Crippen molar-refractivity contribution < 1.29 is 23.9 Å². The van der Waals surface area contributed by atoms with E-state index in [1.807, 2.05) is 6.92 Å². The molecule has 1 saturated heterocycles. The SMILES string of the molecule is CCOc1ccc(Cl)cc1/C=C1\NC(=O)N(CC(=O)Nc2ccc(OC)cc2)C1=O. The van der Waals surface area contributed by atoms with Gasteiger partial charge in [0.15, 0.2) is 0 Å². The molecule has 0 aromatic heterocycles. The fraction of sp³-hybridized carbons (Fsp3) is 0.190. The molecule has 1 aliphatic heterocycles. The van der Waals surface area contributed by atoms with Gasteiger partial charge in [-0.25, -0.2) is 9.69 Å². The van der Waals surface area contributed by atoms with Crippen molar-refractivity contribution in [3.8, 4) is 11.5 Å². The largest absolute Gasteiger partial charge is 0.497 e. The van der Waals surface area contributed by atoms with Gasteiger partial charge in [-0.1, -0.05) is 11.6 Å². The minimum atomic E-state index is -0.684. The lowest BCUT2D eigenvalue weighted by Crippen LogP contribution is -2.38. The molecule has 30 heavy (non-hydrogen) atoms. The minimum Gasteiger partial charge on any atom is -0.497 e. The fourth-order valence-electron chi connectivity index (χ4n) is 2.81. The lowest BCUT2D eigenvalue weighted by Gasteiger charge is -2.12.